The molecule has 0 fully saturated rings. The molecule has 5 nitrogen and oxygen atoms in total. The van der Waals surface area contributed by atoms with Crippen LogP contribution in [0.15, 0.2) is 42.9 Å². The molecule has 3 aromatic rings. The molecule has 2 aromatic heterocycles. The summed E-state index contributed by atoms with van der Waals surface area (Å²) in [4.78, 5) is 22.5. The van der Waals surface area contributed by atoms with Crippen molar-refractivity contribution in [1.29, 1.82) is 0 Å². The fourth-order valence-electron chi connectivity index (χ4n) is 4.27. The largest absolute Gasteiger partial charge is 0.465 e. The molecule has 0 bridgehead atoms. The Morgan fingerprint density at radius 3 is 3.04 bits per heavy atom. The number of pyridine rings is 1. The number of hydrogen-bond acceptors (Lipinski definition) is 4. The second-order valence-corrected chi connectivity index (χ2v) is 6.83. The number of nitrogens with one attached hydrogen (secondary N) is 1. The van der Waals surface area contributed by atoms with Crippen LogP contribution in [0.4, 0.5) is 0 Å². The first kappa shape index (κ1) is 15.2. The zero-order valence-corrected chi connectivity index (χ0v) is 14.5. The van der Waals surface area contributed by atoms with E-state index in [0.717, 1.165) is 30.5 Å². The van der Waals surface area contributed by atoms with Gasteiger partial charge in [-0.1, -0.05) is 18.2 Å². The van der Waals surface area contributed by atoms with Gasteiger partial charge in [-0.2, -0.15) is 0 Å². The van der Waals surface area contributed by atoms with Crippen LogP contribution in [0.2, 0.25) is 0 Å². The van der Waals surface area contributed by atoms with Crippen LogP contribution < -0.4 is 0 Å². The SMILES string of the molecule is COC(=O)c1cncc2c1C[C@H]1c3[nH]c4ccccc4c3CCN1C=C2. The second-order valence-electron chi connectivity index (χ2n) is 6.83. The van der Waals surface area contributed by atoms with Crippen molar-refractivity contribution in [2.75, 3.05) is 13.7 Å². The van der Waals surface area contributed by atoms with Gasteiger partial charge in [0.05, 0.1) is 18.7 Å². The van der Waals surface area contributed by atoms with Crippen molar-refractivity contribution in [1.82, 2.24) is 14.9 Å². The minimum absolute atomic E-state index is 0.175. The van der Waals surface area contributed by atoms with Crippen molar-refractivity contribution in [3.8, 4) is 0 Å². The van der Waals surface area contributed by atoms with E-state index in [-0.39, 0.29) is 12.0 Å². The van der Waals surface area contributed by atoms with Crippen LogP contribution in [0.25, 0.3) is 17.0 Å². The van der Waals surface area contributed by atoms with Gasteiger partial charge in [-0.15, -0.1) is 0 Å². The molecule has 1 aromatic carbocycles. The van der Waals surface area contributed by atoms with Crippen molar-refractivity contribution in [3.05, 3.63) is 70.8 Å². The van der Waals surface area contributed by atoms with Gasteiger partial charge in [-0.25, -0.2) is 4.79 Å². The Hall–Kier alpha value is -3.08. The Morgan fingerprint density at radius 1 is 1.27 bits per heavy atom. The summed E-state index contributed by atoms with van der Waals surface area (Å²) in [6, 6.07) is 8.64. The molecule has 1 atom stereocenters. The van der Waals surface area contributed by atoms with Crippen molar-refractivity contribution >= 4 is 22.9 Å². The standard InChI is InChI=1S/C21H19N3O2/c1-26-21(25)17-12-22-11-13-6-8-24-9-7-15-14-4-2-3-5-18(14)23-20(15)19(24)10-16(13)17/h2-6,8,11-12,19,23H,7,9-10H2,1H3/t19-/m0/s1. The number of carbonyl (C=O) groups excluding carboxylic acids is 1. The van der Waals surface area contributed by atoms with Gasteiger partial charge in [-0.05, 0) is 41.7 Å². The highest BCUT2D eigenvalue weighted by Gasteiger charge is 2.32. The van der Waals surface area contributed by atoms with Crippen molar-refractivity contribution in [3.63, 3.8) is 0 Å². The average Bonchev–Trinajstić information content (AvgIpc) is 2.95. The van der Waals surface area contributed by atoms with E-state index in [1.807, 2.05) is 6.20 Å². The number of carbonyl (C=O) groups is 1. The monoisotopic (exact) mass is 345 g/mol. The summed E-state index contributed by atoms with van der Waals surface area (Å²) in [7, 11) is 1.41. The molecule has 0 amide bonds. The van der Waals surface area contributed by atoms with Gasteiger partial charge in [0.2, 0.25) is 0 Å². The van der Waals surface area contributed by atoms with Gasteiger partial charge in [-0.3, -0.25) is 4.98 Å². The maximum atomic E-state index is 12.2. The van der Waals surface area contributed by atoms with Crippen LogP contribution in [-0.4, -0.2) is 34.5 Å². The van der Waals surface area contributed by atoms with Gasteiger partial charge in [0.15, 0.2) is 0 Å². The van der Waals surface area contributed by atoms with Crippen molar-refractivity contribution < 1.29 is 9.53 Å². The normalized spacial score (nSPS) is 18.0. The summed E-state index contributed by atoms with van der Waals surface area (Å²) in [5.74, 6) is -0.330. The first-order valence-electron chi connectivity index (χ1n) is 8.85. The summed E-state index contributed by atoms with van der Waals surface area (Å²) >= 11 is 0. The first-order valence-corrected chi connectivity index (χ1v) is 8.85. The van der Waals surface area contributed by atoms with Gasteiger partial charge in [0.25, 0.3) is 0 Å². The van der Waals surface area contributed by atoms with Crippen LogP contribution in [0.3, 0.4) is 0 Å². The third-order valence-electron chi connectivity index (χ3n) is 5.54. The van der Waals surface area contributed by atoms with Gasteiger partial charge in [0.1, 0.15) is 0 Å². The molecule has 0 aliphatic carbocycles. The Kier molecular flexibility index (Phi) is 3.35. The smallest absolute Gasteiger partial charge is 0.339 e. The lowest BCUT2D eigenvalue weighted by molar-refractivity contribution is 0.0598. The van der Waals surface area contributed by atoms with Gasteiger partial charge < -0.3 is 14.6 Å². The van der Waals surface area contributed by atoms with Crippen LogP contribution >= 0.6 is 0 Å². The quantitative estimate of drug-likeness (QED) is 0.686. The number of aromatic nitrogens is 2. The number of ether oxygens (including phenoxy) is 1. The highest BCUT2D eigenvalue weighted by Crippen LogP contribution is 2.39. The molecule has 0 saturated carbocycles. The lowest BCUT2D eigenvalue weighted by Crippen LogP contribution is -2.32. The fraction of sp³-hybridized carbons (Fsp3) is 0.238. The van der Waals surface area contributed by atoms with E-state index in [1.54, 1.807) is 6.20 Å². The first-order chi connectivity index (χ1) is 12.8. The average molecular weight is 345 g/mol. The van der Waals surface area contributed by atoms with Crippen LogP contribution in [-0.2, 0) is 17.6 Å². The maximum absolute atomic E-state index is 12.2. The number of methoxy groups -OCH3 is 1. The van der Waals surface area contributed by atoms with Gasteiger partial charge >= 0.3 is 5.97 Å². The summed E-state index contributed by atoms with van der Waals surface area (Å²) in [5.41, 5.74) is 6.37. The zero-order chi connectivity index (χ0) is 17.7. The van der Waals surface area contributed by atoms with E-state index in [1.165, 1.54) is 29.3 Å². The number of benzene rings is 1. The number of esters is 1. The second kappa shape index (κ2) is 5.73. The molecule has 0 unspecified atom stereocenters. The van der Waals surface area contributed by atoms with Crippen LogP contribution in [0.1, 0.15) is 38.8 Å². The molecule has 0 radical (unpaired) electrons. The van der Waals surface area contributed by atoms with Crippen molar-refractivity contribution in [2.45, 2.75) is 18.9 Å². The molecule has 26 heavy (non-hydrogen) atoms. The lowest BCUT2D eigenvalue weighted by Gasteiger charge is -2.34. The molecule has 2 aliphatic heterocycles. The molecule has 130 valence electrons. The Morgan fingerprint density at radius 2 is 2.15 bits per heavy atom. The molecule has 4 heterocycles. The van der Waals surface area contributed by atoms with E-state index in [0.29, 0.717) is 5.56 Å². The zero-order valence-electron chi connectivity index (χ0n) is 14.5. The summed E-state index contributed by atoms with van der Waals surface area (Å²) in [5, 5.41) is 1.30. The molecular formula is C21H19N3O2. The highest BCUT2D eigenvalue weighted by atomic mass is 16.5. The number of nitrogens with zero attached hydrogens (tertiary/aromatic N) is 2. The molecule has 5 heteroatoms. The predicted octanol–water partition coefficient (Wildman–Crippen LogP) is 3.48. The molecule has 5 rings (SSSR count). The topological polar surface area (TPSA) is 58.2 Å². The number of rotatable bonds is 1. The highest BCUT2D eigenvalue weighted by molar-refractivity contribution is 5.92. The number of fused-ring (bicyclic) bond motifs is 6. The Bertz CT molecular complexity index is 1050. The number of hydrogen-bond donors (Lipinski definition) is 1. The Labute approximate surface area is 151 Å². The summed E-state index contributed by atoms with van der Waals surface area (Å²) < 4.78 is 4.97. The van der Waals surface area contributed by atoms with Crippen molar-refractivity contribution in [2.24, 2.45) is 0 Å². The number of H-pyrrole nitrogens is 1. The minimum Gasteiger partial charge on any atom is -0.465 e. The maximum Gasteiger partial charge on any atom is 0.339 e. The van der Waals surface area contributed by atoms with E-state index >= 15 is 0 Å². The van der Waals surface area contributed by atoms with E-state index in [4.69, 9.17) is 4.74 Å². The predicted molar refractivity (Wildman–Crippen MR) is 99.8 cm³/mol. The van der Waals surface area contributed by atoms with Gasteiger partial charge in [0, 0.05) is 41.7 Å². The van der Waals surface area contributed by atoms with Crippen LogP contribution in [0, 0.1) is 0 Å². The summed E-state index contributed by atoms with van der Waals surface area (Å²) in [6.45, 7) is 0.963. The molecule has 0 spiro atoms. The molecular weight excluding hydrogens is 326 g/mol. The molecule has 1 N–H and O–H groups in total. The third-order valence-corrected chi connectivity index (χ3v) is 5.54. The Balaban J connectivity index is 1.66. The fourth-order valence-corrected chi connectivity index (χ4v) is 4.27. The molecule has 0 saturated heterocycles. The lowest BCUT2D eigenvalue weighted by atomic mass is 9.91. The minimum atomic E-state index is -0.330. The van der Waals surface area contributed by atoms with Crippen LogP contribution in [0.5, 0.6) is 0 Å². The third kappa shape index (κ3) is 2.17. The van der Waals surface area contributed by atoms with E-state index < -0.39 is 0 Å². The summed E-state index contributed by atoms with van der Waals surface area (Å²) in [6.07, 6.45) is 9.38. The number of para-hydroxylation sites is 1. The van der Waals surface area contributed by atoms with E-state index in [9.17, 15) is 4.79 Å². The van der Waals surface area contributed by atoms with E-state index in [2.05, 4.69) is 51.4 Å². The molecule has 2 aliphatic rings. The number of aromatic amines is 1.